The summed E-state index contributed by atoms with van der Waals surface area (Å²) in [7, 11) is 3.53. The third-order valence-electron chi connectivity index (χ3n) is 4.56. The van der Waals surface area contributed by atoms with Gasteiger partial charge in [0.15, 0.2) is 5.69 Å². The summed E-state index contributed by atoms with van der Waals surface area (Å²) in [5.41, 5.74) is 4.01. The van der Waals surface area contributed by atoms with Gasteiger partial charge in [0.2, 0.25) is 0 Å². The van der Waals surface area contributed by atoms with Gasteiger partial charge >= 0.3 is 0 Å². The number of hydrogen-bond donors (Lipinski definition) is 0. The molecule has 26 heavy (non-hydrogen) atoms. The normalized spacial score (nSPS) is 10.7. The van der Waals surface area contributed by atoms with E-state index in [9.17, 15) is 5.26 Å². The molecule has 1 aromatic heterocycles. The molecule has 0 spiro atoms. The zero-order valence-corrected chi connectivity index (χ0v) is 14.6. The molecule has 0 N–H and O–H groups in total. The zero-order chi connectivity index (χ0) is 18.1. The van der Waals surface area contributed by atoms with Crippen LogP contribution in [0.25, 0.3) is 33.2 Å². The monoisotopic (exact) mass is 339 g/mol. The number of ether oxygens (including phenoxy) is 1. The van der Waals surface area contributed by atoms with E-state index in [0.29, 0.717) is 5.69 Å². The number of nitriles is 1. The number of rotatable bonds is 3. The Hall–Kier alpha value is -3.58. The number of fused-ring (bicyclic) bond motifs is 1. The maximum atomic E-state index is 9.65. The summed E-state index contributed by atoms with van der Waals surface area (Å²) in [6, 6.07) is 24.3. The first-order valence-electron chi connectivity index (χ1n) is 8.33. The second-order valence-electron chi connectivity index (χ2n) is 6.04. The van der Waals surface area contributed by atoms with Gasteiger partial charge in [-0.05, 0) is 22.4 Å². The fourth-order valence-electron chi connectivity index (χ4n) is 3.43. The Labute approximate surface area is 151 Å². The maximum absolute atomic E-state index is 9.65. The van der Waals surface area contributed by atoms with Gasteiger partial charge in [0, 0.05) is 12.6 Å². The number of benzene rings is 3. The van der Waals surface area contributed by atoms with Crippen LogP contribution in [0.3, 0.4) is 0 Å². The average molecular weight is 339 g/mol. The smallest absolute Gasteiger partial charge is 0.170 e. The van der Waals surface area contributed by atoms with Crippen molar-refractivity contribution in [2.24, 2.45) is 7.05 Å². The Morgan fingerprint density at radius 1 is 0.923 bits per heavy atom. The van der Waals surface area contributed by atoms with Crippen molar-refractivity contribution in [2.75, 3.05) is 7.11 Å². The van der Waals surface area contributed by atoms with E-state index in [2.05, 4.69) is 23.3 Å². The molecule has 0 saturated carbocycles. The SMILES string of the molecule is COc1ccc2ccccc2c1-c1c(-c2ccccc2)c(C#N)nn1C. The van der Waals surface area contributed by atoms with Crippen LogP contribution in [0.4, 0.5) is 0 Å². The largest absolute Gasteiger partial charge is 0.496 e. The van der Waals surface area contributed by atoms with Crippen LogP contribution >= 0.6 is 0 Å². The van der Waals surface area contributed by atoms with Gasteiger partial charge in [0.05, 0.1) is 18.4 Å². The van der Waals surface area contributed by atoms with E-state index in [1.807, 2.05) is 61.6 Å². The van der Waals surface area contributed by atoms with E-state index >= 15 is 0 Å². The summed E-state index contributed by atoms with van der Waals surface area (Å²) in [5, 5.41) is 16.3. The molecule has 0 fully saturated rings. The molecule has 0 aliphatic rings. The van der Waals surface area contributed by atoms with Gasteiger partial charge in [-0.15, -0.1) is 0 Å². The number of hydrogen-bond acceptors (Lipinski definition) is 3. The van der Waals surface area contributed by atoms with E-state index in [1.165, 1.54) is 0 Å². The molecule has 0 bridgehead atoms. The van der Waals surface area contributed by atoms with Crippen molar-refractivity contribution in [2.45, 2.75) is 0 Å². The zero-order valence-electron chi connectivity index (χ0n) is 14.6. The predicted molar refractivity (Wildman–Crippen MR) is 103 cm³/mol. The van der Waals surface area contributed by atoms with E-state index in [1.54, 1.807) is 11.8 Å². The van der Waals surface area contributed by atoms with Crippen molar-refractivity contribution >= 4 is 10.8 Å². The van der Waals surface area contributed by atoms with Crippen LogP contribution in [0.15, 0.2) is 66.7 Å². The van der Waals surface area contributed by atoms with E-state index in [4.69, 9.17) is 4.74 Å². The number of nitrogens with zero attached hydrogens (tertiary/aromatic N) is 3. The highest BCUT2D eigenvalue weighted by Gasteiger charge is 2.23. The molecule has 4 aromatic rings. The van der Waals surface area contributed by atoms with Crippen LogP contribution in [0.2, 0.25) is 0 Å². The van der Waals surface area contributed by atoms with Crippen LogP contribution in [-0.2, 0) is 7.05 Å². The first kappa shape index (κ1) is 15.9. The van der Waals surface area contributed by atoms with Gasteiger partial charge in [0.1, 0.15) is 11.8 Å². The van der Waals surface area contributed by atoms with Gasteiger partial charge in [-0.1, -0.05) is 60.7 Å². The van der Waals surface area contributed by atoms with Crippen LogP contribution in [-0.4, -0.2) is 16.9 Å². The quantitative estimate of drug-likeness (QED) is 0.539. The summed E-state index contributed by atoms with van der Waals surface area (Å²) in [4.78, 5) is 0. The average Bonchev–Trinajstić information content (AvgIpc) is 3.03. The van der Waals surface area contributed by atoms with Gasteiger partial charge in [0.25, 0.3) is 0 Å². The molecule has 1 heterocycles. The topological polar surface area (TPSA) is 50.8 Å². The van der Waals surface area contributed by atoms with Crippen LogP contribution in [0.1, 0.15) is 5.69 Å². The molecule has 4 heteroatoms. The molecular weight excluding hydrogens is 322 g/mol. The molecule has 0 aliphatic heterocycles. The summed E-state index contributed by atoms with van der Waals surface area (Å²) in [6.45, 7) is 0. The molecule has 0 atom stereocenters. The summed E-state index contributed by atoms with van der Waals surface area (Å²) >= 11 is 0. The second kappa shape index (κ2) is 6.38. The molecular formula is C22H17N3O. The first-order chi connectivity index (χ1) is 12.7. The summed E-state index contributed by atoms with van der Waals surface area (Å²) in [6.07, 6.45) is 0. The maximum Gasteiger partial charge on any atom is 0.170 e. The molecule has 4 rings (SSSR count). The minimum atomic E-state index is 0.406. The van der Waals surface area contributed by atoms with E-state index in [0.717, 1.165) is 38.9 Å². The molecule has 4 nitrogen and oxygen atoms in total. The van der Waals surface area contributed by atoms with Crippen molar-refractivity contribution in [3.63, 3.8) is 0 Å². The number of aromatic nitrogens is 2. The number of methoxy groups -OCH3 is 1. The number of aryl methyl sites for hydroxylation is 1. The summed E-state index contributed by atoms with van der Waals surface area (Å²) < 4.78 is 7.44. The molecule has 0 aliphatic carbocycles. The van der Waals surface area contributed by atoms with Gasteiger partial charge in [-0.25, -0.2) is 0 Å². The fraction of sp³-hybridized carbons (Fsp3) is 0.0909. The standard InChI is InChI=1S/C22H17N3O/c1-25-22(20(18(14-23)24-25)16-9-4-3-5-10-16)21-17-11-7-6-8-15(17)12-13-19(21)26-2/h3-13H,1-2H3. The summed E-state index contributed by atoms with van der Waals surface area (Å²) in [5.74, 6) is 0.758. The molecule has 3 aromatic carbocycles. The fourth-order valence-corrected chi connectivity index (χ4v) is 3.43. The van der Waals surface area contributed by atoms with Crippen molar-refractivity contribution in [1.82, 2.24) is 9.78 Å². The third kappa shape index (κ3) is 2.42. The van der Waals surface area contributed by atoms with Crippen LogP contribution < -0.4 is 4.74 Å². The van der Waals surface area contributed by atoms with Gasteiger partial charge in [-0.2, -0.15) is 10.4 Å². The Bertz CT molecular complexity index is 1140. The van der Waals surface area contributed by atoms with Crippen LogP contribution in [0, 0.1) is 11.3 Å². The van der Waals surface area contributed by atoms with Gasteiger partial charge < -0.3 is 4.74 Å². The van der Waals surface area contributed by atoms with Crippen molar-refractivity contribution in [3.05, 3.63) is 72.4 Å². The molecule has 126 valence electrons. The van der Waals surface area contributed by atoms with Crippen molar-refractivity contribution < 1.29 is 4.74 Å². The lowest BCUT2D eigenvalue weighted by Crippen LogP contribution is -1.98. The first-order valence-corrected chi connectivity index (χ1v) is 8.33. The Morgan fingerprint density at radius 2 is 1.65 bits per heavy atom. The van der Waals surface area contributed by atoms with Crippen LogP contribution in [0.5, 0.6) is 5.75 Å². The van der Waals surface area contributed by atoms with Gasteiger partial charge in [-0.3, -0.25) is 4.68 Å². The lowest BCUT2D eigenvalue weighted by Gasteiger charge is -2.14. The lowest BCUT2D eigenvalue weighted by atomic mass is 9.94. The highest BCUT2D eigenvalue weighted by molar-refractivity contribution is 6.03. The highest BCUT2D eigenvalue weighted by atomic mass is 16.5. The predicted octanol–water partition coefficient (Wildman–Crippen LogP) is 4.79. The second-order valence-corrected chi connectivity index (χ2v) is 6.04. The van der Waals surface area contributed by atoms with E-state index < -0.39 is 0 Å². The Morgan fingerprint density at radius 3 is 2.38 bits per heavy atom. The van der Waals surface area contributed by atoms with Crippen molar-refractivity contribution in [3.8, 4) is 34.2 Å². The molecule has 0 radical (unpaired) electrons. The minimum absolute atomic E-state index is 0.406. The lowest BCUT2D eigenvalue weighted by molar-refractivity contribution is 0.416. The third-order valence-corrected chi connectivity index (χ3v) is 4.56. The Balaban J connectivity index is 2.15. The minimum Gasteiger partial charge on any atom is -0.496 e. The molecule has 0 saturated heterocycles. The van der Waals surface area contributed by atoms with E-state index in [-0.39, 0.29) is 0 Å². The molecule has 0 unspecified atom stereocenters. The Kier molecular flexibility index (Phi) is 3.91. The van der Waals surface area contributed by atoms with Crippen molar-refractivity contribution in [1.29, 1.82) is 5.26 Å². The highest BCUT2D eigenvalue weighted by Crippen LogP contribution is 2.42. The molecule has 0 amide bonds.